The van der Waals surface area contributed by atoms with Gasteiger partial charge in [-0.3, -0.25) is 14.4 Å². The molecular weight excluding hydrogens is 654 g/mol. The number of amides is 3. The molecule has 1 aliphatic heterocycles. The third-order valence-corrected chi connectivity index (χ3v) is 9.63. The monoisotopic (exact) mass is 701 g/mol. The highest BCUT2D eigenvalue weighted by molar-refractivity contribution is 6.01. The number of rotatable bonds is 14. The fourth-order valence-corrected chi connectivity index (χ4v) is 6.77. The number of carbonyl (C=O) groups is 3. The van der Waals surface area contributed by atoms with E-state index in [0.717, 1.165) is 47.6 Å². The Labute approximate surface area is 305 Å². The van der Waals surface area contributed by atoms with E-state index in [2.05, 4.69) is 19.2 Å². The van der Waals surface area contributed by atoms with Crippen LogP contribution in [0.4, 0.5) is 5.69 Å². The van der Waals surface area contributed by atoms with E-state index >= 15 is 0 Å². The van der Waals surface area contributed by atoms with Gasteiger partial charge in [0.2, 0.25) is 0 Å². The lowest BCUT2D eigenvalue weighted by Crippen LogP contribution is -2.46. The molecule has 10 nitrogen and oxygen atoms in total. The van der Waals surface area contributed by atoms with Crippen molar-refractivity contribution in [2.24, 2.45) is 0 Å². The van der Waals surface area contributed by atoms with Crippen LogP contribution in [0.15, 0.2) is 91.0 Å². The molecule has 3 amide bonds. The molecule has 10 heteroatoms. The summed E-state index contributed by atoms with van der Waals surface area (Å²) in [6.07, 6.45) is 4.27. The van der Waals surface area contributed by atoms with Crippen molar-refractivity contribution < 1.29 is 24.2 Å². The van der Waals surface area contributed by atoms with E-state index in [0.29, 0.717) is 54.6 Å². The van der Waals surface area contributed by atoms with Crippen molar-refractivity contribution in [3.8, 4) is 11.4 Å². The molecule has 1 atom stereocenters. The fraction of sp³-hybridized carbons (Fsp3) is 0.333. The Hall–Kier alpha value is -5.48. The van der Waals surface area contributed by atoms with Gasteiger partial charge in [0.1, 0.15) is 5.75 Å². The second kappa shape index (κ2) is 16.7. The molecule has 0 unspecified atom stereocenters. The SMILES string of the molecule is CCCCN(CCCC)C(=O)c1cc(C)n(-c2ccc(NC(=O)COc3cccc4ccccc34)cc2C(=O)N2Cc3ccccc3C[C@H]2CO)n1. The number of hydrogen-bond acceptors (Lipinski definition) is 6. The maximum absolute atomic E-state index is 14.6. The molecule has 270 valence electrons. The maximum Gasteiger partial charge on any atom is 0.274 e. The van der Waals surface area contributed by atoms with Gasteiger partial charge in [-0.1, -0.05) is 87.4 Å². The van der Waals surface area contributed by atoms with Crippen LogP contribution in [0.1, 0.15) is 77.2 Å². The standard InChI is InChI=1S/C42H47N5O5/c1-4-6-21-45(22-7-5-2)42(51)37-23-29(3)47(44-37)38-20-19-33(43-40(49)28-52-39-18-12-16-30-13-10-11-17-35(30)39)25-36(38)41(50)46-26-32-15-9-8-14-31(32)24-34(46)27-48/h8-20,23,25,34,48H,4-7,21-22,24,26-28H2,1-3H3,(H,43,49)/t34-/m0/s1. The average molecular weight is 702 g/mol. The summed E-state index contributed by atoms with van der Waals surface area (Å²) in [7, 11) is 0. The summed E-state index contributed by atoms with van der Waals surface area (Å²) in [5, 5.41) is 20.0. The Morgan fingerprint density at radius 1 is 0.904 bits per heavy atom. The molecule has 5 aromatic rings. The Bertz CT molecular complexity index is 2040. The molecule has 0 saturated heterocycles. The van der Waals surface area contributed by atoms with Gasteiger partial charge in [-0.15, -0.1) is 0 Å². The first-order valence-corrected chi connectivity index (χ1v) is 18.2. The number of aryl methyl sites for hydroxylation is 1. The lowest BCUT2D eigenvalue weighted by molar-refractivity contribution is -0.118. The summed E-state index contributed by atoms with van der Waals surface area (Å²) in [6, 6.07) is 27.8. The van der Waals surface area contributed by atoms with Crippen molar-refractivity contribution in [3.63, 3.8) is 0 Å². The number of anilines is 1. The smallest absolute Gasteiger partial charge is 0.274 e. The second-order valence-corrected chi connectivity index (χ2v) is 13.4. The molecule has 52 heavy (non-hydrogen) atoms. The van der Waals surface area contributed by atoms with Crippen LogP contribution in [0.3, 0.4) is 0 Å². The van der Waals surface area contributed by atoms with E-state index in [1.165, 1.54) is 0 Å². The number of benzene rings is 4. The minimum absolute atomic E-state index is 0.139. The van der Waals surface area contributed by atoms with Gasteiger partial charge in [0.05, 0.1) is 23.9 Å². The van der Waals surface area contributed by atoms with Crippen molar-refractivity contribution in [3.05, 3.63) is 119 Å². The highest BCUT2D eigenvalue weighted by Crippen LogP contribution is 2.30. The minimum Gasteiger partial charge on any atom is -0.483 e. The number of aliphatic hydroxyl groups is 1. The van der Waals surface area contributed by atoms with Gasteiger partial charge in [0.15, 0.2) is 12.3 Å². The van der Waals surface area contributed by atoms with E-state index in [-0.39, 0.29) is 36.5 Å². The maximum atomic E-state index is 14.6. The predicted molar refractivity (Wildman–Crippen MR) is 203 cm³/mol. The summed E-state index contributed by atoms with van der Waals surface area (Å²) < 4.78 is 7.55. The van der Waals surface area contributed by atoms with Crippen molar-refractivity contribution in [2.75, 3.05) is 31.6 Å². The first kappa shape index (κ1) is 36.3. The lowest BCUT2D eigenvalue weighted by atomic mass is 9.93. The summed E-state index contributed by atoms with van der Waals surface area (Å²) in [5.41, 5.74) is 4.26. The summed E-state index contributed by atoms with van der Waals surface area (Å²) in [4.78, 5) is 45.1. The second-order valence-electron chi connectivity index (χ2n) is 13.4. The Morgan fingerprint density at radius 3 is 2.37 bits per heavy atom. The number of fused-ring (bicyclic) bond motifs is 2. The van der Waals surface area contributed by atoms with E-state index < -0.39 is 6.04 Å². The number of nitrogens with one attached hydrogen (secondary N) is 1. The normalized spacial score (nSPS) is 13.8. The molecule has 0 spiro atoms. The molecule has 0 radical (unpaired) electrons. The third kappa shape index (κ3) is 8.02. The highest BCUT2D eigenvalue weighted by Gasteiger charge is 2.32. The summed E-state index contributed by atoms with van der Waals surface area (Å²) in [5.74, 6) is -0.245. The van der Waals surface area contributed by atoms with E-state index in [1.807, 2.05) is 78.6 Å². The van der Waals surface area contributed by atoms with Crippen molar-refractivity contribution in [1.29, 1.82) is 0 Å². The van der Waals surface area contributed by atoms with Gasteiger partial charge >= 0.3 is 0 Å². The van der Waals surface area contributed by atoms with Crippen molar-refractivity contribution >= 4 is 34.2 Å². The summed E-state index contributed by atoms with van der Waals surface area (Å²) >= 11 is 0. The molecule has 6 rings (SSSR count). The summed E-state index contributed by atoms with van der Waals surface area (Å²) in [6.45, 7) is 7.26. The Morgan fingerprint density at radius 2 is 1.62 bits per heavy atom. The van der Waals surface area contributed by atoms with Crippen LogP contribution in [-0.2, 0) is 17.8 Å². The zero-order valence-corrected chi connectivity index (χ0v) is 30.2. The lowest BCUT2D eigenvalue weighted by Gasteiger charge is -2.36. The molecule has 4 aromatic carbocycles. The number of unbranched alkanes of at least 4 members (excludes halogenated alkanes) is 2. The van der Waals surface area contributed by atoms with Crippen LogP contribution in [-0.4, -0.2) is 74.8 Å². The number of hydrogen-bond donors (Lipinski definition) is 2. The van der Waals surface area contributed by atoms with E-state index in [9.17, 15) is 19.5 Å². The first-order valence-electron chi connectivity index (χ1n) is 18.2. The Kier molecular flexibility index (Phi) is 11.7. The van der Waals surface area contributed by atoms with Gasteiger partial charge in [-0.25, -0.2) is 4.68 Å². The van der Waals surface area contributed by atoms with Crippen LogP contribution in [0.5, 0.6) is 5.75 Å². The number of carbonyl (C=O) groups excluding carboxylic acids is 3. The minimum atomic E-state index is -0.441. The molecular formula is C42H47N5O5. The van der Waals surface area contributed by atoms with Gasteiger partial charge in [-0.05, 0) is 73.0 Å². The van der Waals surface area contributed by atoms with Crippen molar-refractivity contribution in [2.45, 2.75) is 65.5 Å². The molecule has 1 aliphatic rings. The molecule has 1 aromatic heterocycles. The Balaban J connectivity index is 1.32. The number of ether oxygens (including phenoxy) is 1. The van der Waals surface area contributed by atoms with Crippen LogP contribution in [0.2, 0.25) is 0 Å². The average Bonchev–Trinajstić information content (AvgIpc) is 3.56. The van der Waals surface area contributed by atoms with E-state index in [4.69, 9.17) is 9.84 Å². The number of aromatic nitrogens is 2. The van der Waals surface area contributed by atoms with Gasteiger partial charge in [0.25, 0.3) is 17.7 Å². The van der Waals surface area contributed by atoms with Crippen LogP contribution in [0, 0.1) is 6.92 Å². The number of nitrogens with zero attached hydrogens (tertiary/aromatic N) is 4. The van der Waals surface area contributed by atoms with Crippen LogP contribution >= 0.6 is 0 Å². The van der Waals surface area contributed by atoms with E-state index in [1.54, 1.807) is 33.8 Å². The molecule has 0 aliphatic carbocycles. The zero-order valence-electron chi connectivity index (χ0n) is 30.2. The number of aliphatic hydroxyl groups excluding tert-OH is 1. The molecule has 2 N–H and O–H groups in total. The fourth-order valence-electron chi connectivity index (χ4n) is 6.77. The van der Waals surface area contributed by atoms with Gasteiger partial charge in [0, 0.05) is 36.4 Å². The zero-order chi connectivity index (χ0) is 36.6. The first-order chi connectivity index (χ1) is 25.3. The topological polar surface area (TPSA) is 117 Å². The quantitative estimate of drug-likeness (QED) is 0.129. The highest BCUT2D eigenvalue weighted by atomic mass is 16.5. The molecule has 2 heterocycles. The van der Waals surface area contributed by atoms with Crippen molar-refractivity contribution in [1.82, 2.24) is 19.6 Å². The van der Waals surface area contributed by atoms with Gasteiger partial charge in [-0.2, -0.15) is 5.10 Å². The van der Waals surface area contributed by atoms with Crippen LogP contribution in [0.25, 0.3) is 16.5 Å². The van der Waals surface area contributed by atoms with Gasteiger partial charge < -0.3 is 25.0 Å². The third-order valence-electron chi connectivity index (χ3n) is 9.63. The predicted octanol–water partition coefficient (Wildman–Crippen LogP) is 6.95. The largest absolute Gasteiger partial charge is 0.483 e. The molecule has 0 fully saturated rings. The molecule has 0 saturated carbocycles. The van der Waals surface area contributed by atoms with Crippen LogP contribution < -0.4 is 10.1 Å². The molecule has 0 bridgehead atoms.